The predicted octanol–water partition coefficient (Wildman–Crippen LogP) is 4.97. The summed E-state index contributed by atoms with van der Waals surface area (Å²) in [7, 11) is 3.52. The van der Waals surface area contributed by atoms with E-state index in [4.69, 9.17) is 23.7 Å². The molecule has 0 saturated carbocycles. The van der Waals surface area contributed by atoms with Gasteiger partial charge in [-0.25, -0.2) is 4.79 Å². The zero-order valence-electron chi connectivity index (χ0n) is 29.2. The Labute approximate surface area is 297 Å². The number of phenolic OH excluding ortho intramolecular Hbond substituents is 1. The van der Waals surface area contributed by atoms with Crippen molar-refractivity contribution in [3.63, 3.8) is 0 Å². The lowest BCUT2D eigenvalue weighted by molar-refractivity contribution is -0.122. The van der Waals surface area contributed by atoms with Crippen LogP contribution >= 0.6 is 0 Å². The number of nitrogens with one attached hydrogen (secondary N) is 1. The van der Waals surface area contributed by atoms with E-state index in [-0.39, 0.29) is 55.9 Å². The van der Waals surface area contributed by atoms with Gasteiger partial charge in [0.2, 0.25) is 12.7 Å². The molecule has 2 N–H and O–H groups in total. The fourth-order valence-corrected chi connectivity index (χ4v) is 8.61. The topological polar surface area (TPSA) is 143 Å². The van der Waals surface area contributed by atoms with Crippen LogP contribution in [-0.2, 0) is 28.8 Å². The molecule has 0 aliphatic carbocycles. The van der Waals surface area contributed by atoms with Gasteiger partial charge in [0.1, 0.15) is 18.4 Å². The molecule has 0 radical (unpaired) electrons. The minimum Gasteiger partial charge on any atom is -0.504 e. The van der Waals surface area contributed by atoms with E-state index in [0.717, 1.165) is 22.3 Å². The van der Waals surface area contributed by atoms with Gasteiger partial charge >= 0.3 is 6.16 Å². The fourth-order valence-electron chi connectivity index (χ4n) is 8.61. The summed E-state index contributed by atoms with van der Waals surface area (Å²) in [5.41, 5.74) is 5.51. The number of phenols is 1. The van der Waals surface area contributed by atoms with Gasteiger partial charge < -0.3 is 34.1 Å². The molecule has 3 aromatic rings. The molecule has 0 spiro atoms. The molecule has 12 heteroatoms. The van der Waals surface area contributed by atoms with Crippen LogP contribution in [0.15, 0.2) is 49.1 Å². The third-order valence-electron chi connectivity index (χ3n) is 10.7. The van der Waals surface area contributed by atoms with Gasteiger partial charge in [0.15, 0.2) is 23.0 Å². The number of hydrogen-bond donors (Lipinski definition) is 2. The third kappa shape index (κ3) is 5.80. The second-order valence-corrected chi connectivity index (χ2v) is 13.5. The average molecular weight is 695 g/mol. The Morgan fingerprint density at radius 2 is 1.88 bits per heavy atom. The second kappa shape index (κ2) is 13.8. The molecule has 5 atom stereocenters. The normalized spacial score (nSPS) is 22.8. The van der Waals surface area contributed by atoms with E-state index in [2.05, 4.69) is 27.8 Å². The first-order valence-electron chi connectivity index (χ1n) is 17.2. The highest BCUT2D eigenvalue weighted by Crippen LogP contribution is 2.58. The summed E-state index contributed by atoms with van der Waals surface area (Å²) in [4.78, 5) is 30.8. The summed E-state index contributed by atoms with van der Waals surface area (Å²) in [6.45, 7) is 7.39. The number of aromatic hydroxyl groups is 1. The van der Waals surface area contributed by atoms with E-state index in [1.807, 2.05) is 50.4 Å². The lowest BCUT2D eigenvalue weighted by Gasteiger charge is -2.60. The van der Waals surface area contributed by atoms with Crippen molar-refractivity contribution in [3.8, 4) is 34.8 Å². The number of amides is 1. The van der Waals surface area contributed by atoms with Gasteiger partial charge in [0, 0.05) is 47.3 Å². The Kier molecular flexibility index (Phi) is 9.26. The maximum atomic E-state index is 13.4. The summed E-state index contributed by atoms with van der Waals surface area (Å²) >= 11 is 0. The second-order valence-electron chi connectivity index (χ2n) is 13.5. The molecule has 266 valence electrons. The van der Waals surface area contributed by atoms with Gasteiger partial charge in [-0.15, -0.1) is 0 Å². The molecular formula is C39H42N4O8. The first-order valence-corrected chi connectivity index (χ1v) is 17.2. The summed E-state index contributed by atoms with van der Waals surface area (Å²) < 4.78 is 28.9. The molecule has 2 bridgehead atoms. The summed E-state index contributed by atoms with van der Waals surface area (Å²) in [5, 5.41) is 25.8. The van der Waals surface area contributed by atoms with Crippen LogP contribution < -0.4 is 24.3 Å². The monoisotopic (exact) mass is 694 g/mol. The van der Waals surface area contributed by atoms with E-state index < -0.39 is 24.3 Å². The third-order valence-corrected chi connectivity index (χ3v) is 10.7. The number of likely N-dealkylation sites (N-methyl/N-ethyl adjacent to an activating group) is 1. The van der Waals surface area contributed by atoms with Crippen molar-refractivity contribution >= 4 is 12.1 Å². The van der Waals surface area contributed by atoms with E-state index in [0.29, 0.717) is 53.2 Å². The standard InChI is InChI=1S/C39H42N4O8/c1-6-14-48-39(46)51-36-22(3)37-38(50-20-49-37)32-25(36)17-27-33-31-24(15-21(2)35(47-5)34(31)45)16-26(42(33)4)28(18-40)43(27)29(32)19-41-30(44)13-12-23-10-8-7-9-11-23/h6-11,15,26-29,33,45H,1,12-14,16-17,19-20H2,2-5H3,(H,41,44)/t26?,27-,28-,29-,33?/m0/s1. The van der Waals surface area contributed by atoms with Crippen LogP contribution in [0.25, 0.3) is 0 Å². The number of aryl methyl sites for hydroxylation is 2. The molecule has 1 fully saturated rings. The number of nitriles is 1. The van der Waals surface area contributed by atoms with Crippen LogP contribution in [0.5, 0.6) is 28.7 Å². The van der Waals surface area contributed by atoms with Crippen molar-refractivity contribution in [2.24, 2.45) is 0 Å². The number of rotatable bonds is 9. The number of nitrogens with zero attached hydrogens (tertiary/aromatic N) is 3. The van der Waals surface area contributed by atoms with Crippen LogP contribution in [0.2, 0.25) is 0 Å². The maximum Gasteiger partial charge on any atom is 0.514 e. The molecule has 4 aliphatic heterocycles. The van der Waals surface area contributed by atoms with Crippen molar-refractivity contribution in [3.05, 3.63) is 88.0 Å². The maximum absolute atomic E-state index is 13.4. The van der Waals surface area contributed by atoms with Crippen molar-refractivity contribution in [1.29, 1.82) is 5.26 Å². The van der Waals surface area contributed by atoms with Gasteiger partial charge in [-0.05, 0) is 56.8 Å². The number of fused-ring (bicyclic) bond motifs is 9. The Balaban J connectivity index is 1.37. The van der Waals surface area contributed by atoms with E-state index in [1.54, 1.807) is 6.92 Å². The average Bonchev–Trinajstić information content (AvgIpc) is 3.62. The van der Waals surface area contributed by atoms with Crippen LogP contribution in [0.4, 0.5) is 4.79 Å². The zero-order chi connectivity index (χ0) is 36.0. The van der Waals surface area contributed by atoms with Crippen molar-refractivity contribution in [1.82, 2.24) is 15.1 Å². The summed E-state index contributed by atoms with van der Waals surface area (Å²) in [5.74, 6) is 1.55. The molecule has 12 nitrogen and oxygen atoms in total. The number of carbonyl (C=O) groups is 2. The van der Waals surface area contributed by atoms with Crippen molar-refractivity contribution in [2.75, 3.05) is 34.1 Å². The zero-order valence-corrected chi connectivity index (χ0v) is 29.2. The number of piperazine rings is 1. The number of methoxy groups -OCH3 is 1. The van der Waals surface area contributed by atoms with Gasteiger partial charge in [0.05, 0.1) is 25.3 Å². The number of benzene rings is 3. The quantitative estimate of drug-likeness (QED) is 0.178. The molecule has 2 unspecified atom stereocenters. The van der Waals surface area contributed by atoms with Crippen LogP contribution in [-0.4, -0.2) is 79.2 Å². The van der Waals surface area contributed by atoms with Crippen LogP contribution in [0.3, 0.4) is 0 Å². The molecule has 4 heterocycles. The number of hydrogen-bond acceptors (Lipinski definition) is 11. The molecule has 1 saturated heterocycles. The van der Waals surface area contributed by atoms with Crippen molar-refractivity contribution in [2.45, 2.75) is 69.7 Å². The first kappa shape index (κ1) is 34.2. The molecule has 1 amide bonds. The molecule has 3 aromatic carbocycles. The van der Waals surface area contributed by atoms with Crippen molar-refractivity contribution < 1.29 is 38.4 Å². The Morgan fingerprint density at radius 1 is 1.12 bits per heavy atom. The van der Waals surface area contributed by atoms with Gasteiger partial charge in [-0.1, -0.05) is 49.1 Å². The molecule has 51 heavy (non-hydrogen) atoms. The summed E-state index contributed by atoms with van der Waals surface area (Å²) in [6.07, 6.45) is 2.26. The predicted molar refractivity (Wildman–Crippen MR) is 186 cm³/mol. The smallest absolute Gasteiger partial charge is 0.504 e. The van der Waals surface area contributed by atoms with Crippen LogP contribution in [0.1, 0.15) is 57.4 Å². The molecule has 4 aliphatic rings. The van der Waals surface area contributed by atoms with E-state index in [1.165, 1.54) is 13.2 Å². The lowest BCUT2D eigenvalue weighted by atomic mass is 9.71. The van der Waals surface area contributed by atoms with Gasteiger partial charge in [-0.3, -0.25) is 14.6 Å². The molecular weight excluding hydrogens is 652 g/mol. The number of carbonyl (C=O) groups excluding carboxylic acids is 2. The lowest BCUT2D eigenvalue weighted by Crippen LogP contribution is -2.68. The van der Waals surface area contributed by atoms with Gasteiger partial charge in [-0.2, -0.15) is 5.26 Å². The Morgan fingerprint density at radius 3 is 2.61 bits per heavy atom. The molecule has 0 aromatic heterocycles. The highest BCUT2D eigenvalue weighted by atomic mass is 16.7. The minimum atomic E-state index is -0.899. The van der Waals surface area contributed by atoms with Gasteiger partial charge in [0.25, 0.3) is 0 Å². The molecule has 7 rings (SSSR count). The Bertz CT molecular complexity index is 1920. The van der Waals surface area contributed by atoms with E-state index in [9.17, 15) is 20.0 Å². The number of ether oxygens (including phenoxy) is 5. The largest absolute Gasteiger partial charge is 0.514 e. The first-order chi connectivity index (χ1) is 24.7. The highest BCUT2D eigenvalue weighted by molar-refractivity contribution is 5.77. The SMILES string of the molecule is C=CCOC(=O)Oc1c(C)c2c(c3c1C[C@H]1C4c5c(cc(C)c(OC)c5O)CC([C@H](C#N)N1[C@H]3CNC(=O)CCc1ccccc1)N4C)OCO2. The Hall–Kier alpha value is -5.25. The van der Waals surface area contributed by atoms with Crippen LogP contribution in [0, 0.1) is 25.2 Å². The minimum absolute atomic E-state index is 0.0336. The summed E-state index contributed by atoms with van der Waals surface area (Å²) in [6, 6.07) is 12.3. The van der Waals surface area contributed by atoms with E-state index >= 15 is 0 Å². The highest BCUT2D eigenvalue weighted by Gasteiger charge is 2.57. The fraction of sp³-hybridized carbons (Fsp3) is 0.410.